The molecule has 1 aliphatic heterocycles. The lowest BCUT2D eigenvalue weighted by Crippen LogP contribution is -2.51. The molecule has 0 saturated carbocycles. The van der Waals surface area contributed by atoms with Gasteiger partial charge in [-0.15, -0.1) is 11.8 Å². The summed E-state index contributed by atoms with van der Waals surface area (Å²) in [6.07, 6.45) is 2.67. The molecule has 0 aromatic heterocycles. The number of carbonyl (C=O) groups is 2. The van der Waals surface area contributed by atoms with Gasteiger partial charge in [-0.2, -0.15) is 0 Å². The maximum absolute atomic E-state index is 12.2. The van der Waals surface area contributed by atoms with E-state index in [1.54, 1.807) is 0 Å². The fourth-order valence-electron chi connectivity index (χ4n) is 2.13. The average Bonchev–Trinajstić information content (AvgIpc) is 2.72. The Morgan fingerprint density at radius 2 is 2.17 bits per heavy atom. The zero-order valence-corrected chi connectivity index (χ0v) is 12.0. The lowest BCUT2D eigenvalue weighted by atomic mass is 10.2. The molecule has 1 heterocycles. The Morgan fingerprint density at radius 1 is 1.50 bits per heavy atom. The van der Waals surface area contributed by atoms with Crippen molar-refractivity contribution in [2.75, 3.05) is 5.75 Å². The number of carboxylic acid groups (broad SMARTS) is 1. The molecule has 0 aromatic carbocycles. The first-order valence-corrected chi connectivity index (χ1v) is 7.49. The third kappa shape index (κ3) is 3.54. The van der Waals surface area contributed by atoms with Crippen molar-refractivity contribution >= 4 is 23.8 Å². The molecule has 3 atom stereocenters. The molecule has 0 aliphatic carbocycles. The first-order valence-electron chi connectivity index (χ1n) is 6.44. The van der Waals surface area contributed by atoms with Gasteiger partial charge in [-0.3, -0.25) is 4.90 Å². The number of hydrogen-bond donors (Lipinski definition) is 2. The number of nitrogens with one attached hydrogen (secondary N) is 1. The van der Waals surface area contributed by atoms with Gasteiger partial charge in [-0.1, -0.05) is 20.3 Å². The van der Waals surface area contributed by atoms with Gasteiger partial charge in [0.25, 0.3) is 0 Å². The van der Waals surface area contributed by atoms with Crippen LogP contribution < -0.4 is 5.32 Å². The molecule has 0 bridgehead atoms. The van der Waals surface area contributed by atoms with Crippen LogP contribution in [-0.2, 0) is 4.79 Å². The molecule has 18 heavy (non-hydrogen) atoms. The summed E-state index contributed by atoms with van der Waals surface area (Å²) in [7, 11) is 0. The number of aliphatic carboxylic acids is 1. The van der Waals surface area contributed by atoms with Crippen molar-refractivity contribution in [3.8, 4) is 0 Å². The molecule has 0 aromatic rings. The quantitative estimate of drug-likeness (QED) is 0.805. The molecule has 1 aliphatic rings. The van der Waals surface area contributed by atoms with E-state index in [9.17, 15) is 9.59 Å². The molecule has 104 valence electrons. The Balaban J connectivity index is 2.69. The van der Waals surface area contributed by atoms with Crippen molar-refractivity contribution in [2.45, 2.75) is 57.5 Å². The minimum Gasteiger partial charge on any atom is -0.480 e. The summed E-state index contributed by atoms with van der Waals surface area (Å²) in [6, 6.07) is -0.867. The van der Waals surface area contributed by atoms with Gasteiger partial charge >= 0.3 is 12.0 Å². The molecule has 1 rings (SSSR count). The van der Waals surface area contributed by atoms with Crippen LogP contribution in [0.4, 0.5) is 4.79 Å². The highest BCUT2D eigenvalue weighted by Gasteiger charge is 2.40. The van der Waals surface area contributed by atoms with Gasteiger partial charge in [0, 0.05) is 11.8 Å². The molecule has 1 fully saturated rings. The summed E-state index contributed by atoms with van der Waals surface area (Å²) < 4.78 is 0. The molecule has 1 saturated heterocycles. The monoisotopic (exact) mass is 274 g/mol. The second-order valence-corrected chi connectivity index (χ2v) is 5.81. The maximum Gasteiger partial charge on any atom is 0.327 e. The summed E-state index contributed by atoms with van der Waals surface area (Å²) in [5.41, 5.74) is 0. The molecule has 3 unspecified atom stereocenters. The number of urea groups is 1. The maximum atomic E-state index is 12.2. The van der Waals surface area contributed by atoms with E-state index in [0.29, 0.717) is 5.75 Å². The number of carbonyl (C=O) groups excluding carboxylic acids is 1. The number of nitrogens with zero attached hydrogens (tertiary/aromatic N) is 1. The van der Waals surface area contributed by atoms with Gasteiger partial charge in [-0.05, 0) is 19.8 Å². The Morgan fingerprint density at radius 3 is 2.67 bits per heavy atom. The SMILES string of the molecule is CCCC(C)NC(=O)N1C(CC)SCC1C(=O)O. The summed E-state index contributed by atoms with van der Waals surface area (Å²) in [5, 5.41) is 12.0. The second kappa shape index (κ2) is 6.87. The van der Waals surface area contributed by atoms with Gasteiger partial charge < -0.3 is 10.4 Å². The van der Waals surface area contributed by atoms with Crippen LogP contribution in [0.3, 0.4) is 0 Å². The van der Waals surface area contributed by atoms with Crippen molar-refractivity contribution in [1.29, 1.82) is 0 Å². The summed E-state index contributed by atoms with van der Waals surface area (Å²) in [6.45, 7) is 5.97. The highest BCUT2D eigenvalue weighted by atomic mass is 32.2. The number of amides is 2. The third-order valence-corrected chi connectivity index (χ3v) is 4.51. The molecule has 0 radical (unpaired) electrons. The standard InChI is InChI=1S/C12H22N2O3S/c1-4-6-8(3)13-12(17)14-9(11(15)16)7-18-10(14)5-2/h8-10H,4-7H2,1-3H3,(H,13,17)(H,15,16). The van der Waals surface area contributed by atoms with Gasteiger partial charge in [0.05, 0.1) is 5.37 Å². The summed E-state index contributed by atoms with van der Waals surface area (Å²) in [4.78, 5) is 24.8. The van der Waals surface area contributed by atoms with Gasteiger partial charge in [0.2, 0.25) is 0 Å². The predicted octanol–water partition coefficient (Wildman–Crippen LogP) is 2.12. The van der Waals surface area contributed by atoms with Crippen LogP contribution in [0, 0.1) is 0 Å². The molecule has 2 amide bonds. The number of carboxylic acids is 1. The van der Waals surface area contributed by atoms with Crippen molar-refractivity contribution in [3.05, 3.63) is 0 Å². The summed E-state index contributed by atoms with van der Waals surface area (Å²) in [5.74, 6) is -0.444. The largest absolute Gasteiger partial charge is 0.480 e. The second-order valence-electron chi connectivity index (χ2n) is 4.60. The van der Waals surface area contributed by atoms with Gasteiger partial charge in [-0.25, -0.2) is 9.59 Å². The first-order chi connectivity index (χ1) is 8.51. The molecule has 5 nitrogen and oxygen atoms in total. The zero-order chi connectivity index (χ0) is 13.7. The van der Waals surface area contributed by atoms with Crippen LogP contribution in [0.5, 0.6) is 0 Å². The predicted molar refractivity (Wildman–Crippen MR) is 72.7 cm³/mol. The highest BCUT2D eigenvalue weighted by Crippen LogP contribution is 2.31. The van der Waals surface area contributed by atoms with E-state index in [1.165, 1.54) is 16.7 Å². The average molecular weight is 274 g/mol. The summed E-state index contributed by atoms with van der Waals surface area (Å²) >= 11 is 1.54. The van der Waals surface area contributed by atoms with E-state index in [2.05, 4.69) is 12.2 Å². The van der Waals surface area contributed by atoms with Crippen LogP contribution >= 0.6 is 11.8 Å². The Bertz CT molecular complexity index is 312. The highest BCUT2D eigenvalue weighted by molar-refractivity contribution is 8.00. The van der Waals surface area contributed by atoms with Gasteiger partial charge in [0.1, 0.15) is 6.04 Å². The molecule has 0 spiro atoms. The van der Waals surface area contributed by atoms with Crippen molar-refractivity contribution in [2.24, 2.45) is 0 Å². The van der Waals surface area contributed by atoms with E-state index in [0.717, 1.165) is 19.3 Å². The first kappa shape index (κ1) is 15.1. The topological polar surface area (TPSA) is 69.6 Å². The van der Waals surface area contributed by atoms with Crippen molar-refractivity contribution in [3.63, 3.8) is 0 Å². The molecular formula is C12H22N2O3S. The smallest absolute Gasteiger partial charge is 0.327 e. The van der Waals surface area contributed by atoms with E-state index < -0.39 is 12.0 Å². The van der Waals surface area contributed by atoms with E-state index in [4.69, 9.17) is 5.11 Å². The Hall–Kier alpha value is -0.910. The minimum atomic E-state index is -0.920. The van der Waals surface area contributed by atoms with Crippen molar-refractivity contribution in [1.82, 2.24) is 10.2 Å². The van der Waals surface area contributed by atoms with Crippen LogP contribution in [0.2, 0.25) is 0 Å². The third-order valence-electron chi connectivity index (χ3n) is 3.05. The minimum absolute atomic E-state index is 0.0278. The number of hydrogen-bond acceptors (Lipinski definition) is 3. The van der Waals surface area contributed by atoms with Crippen LogP contribution in [0.1, 0.15) is 40.0 Å². The Labute approximate surface area is 112 Å². The fraction of sp³-hybridized carbons (Fsp3) is 0.833. The number of thioether (sulfide) groups is 1. The Kier molecular flexibility index (Phi) is 5.78. The lowest BCUT2D eigenvalue weighted by Gasteiger charge is -2.28. The van der Waals surface area contributed by atoms with E-state index in [-0.39, 0.29) is 17.4 Å². The fourth-order valence-corrected chi connectivity index (χ4v) is 3.48. The van der Waals surface area contributed by atoms with Crippen LogP contribution in [-0.4, -0.2) is 45.2 Å². The molecule has 6 heteroatoms. The van der Waals surface area contributed by atoms with Crippen molar-refractivity contribution < 1.29 is 14.7 Å². The lowest BCUT2D eigenvalue weighted by molar-refractivity contribution is -0.141. The van der Waals surface area contributed by atoms with Crippen LogP contribution in [0.15, 0.2) is 0 Å². The molecule has 2 N–H and O–H groups in total. The van der Waals surface area contributed by atoms with Crippen LogP contribution in [0.25, 0.3) is 0 Å². The van der Waals surface area contributed by atoms with E-state index in [1.807, 2.05) is 13.8 Å². The number of rotatable bonds is 5. The van der Waals surface area contributed by atoms with Gasteiger partial charge in [0.15, 0.2) is 0 Å². The normalized spacial score (nSPS) is 24.9. The molecular weight excluding hydrogens is 252 g/mol. The zero-order valence-electron chi connectivity index (χ0n) is 11.2. The van der Waals surface area contributed by atoms with E-state index >= 15 is 0 Å².